The molecule has 4 nitrogen and oxygen atoms in total. The van der Waals surface area contributed by atoms with Crippen molar-refractivity contribution in [2.45, 2.75) is 57.2 Å². The molecule has 0 bridgehead atoms. The van der Waals surface area contributed by atoms with Gasteiger partial charge in [-0.05, 0) is 56.3 Å². The highest BCUT2D eigenvalue weighted by Crippen LogP contribution is 2.24. The van der Waals surface area contributed by atoms with Crippen LogP contribution in [0, 0.1) is 11.7 Å². The summed E-state index contributed by atoms with van der Waals surface area (Å²) in [6.07, 6.45) is 5.85. The smallest absolute Gasteiger partial charge is 0.223 e. The third-order valence-electron chi connectivity index (χ3n) is 5.35. The number of nitrogens with two attached hydrogens (primary N) is 1. The van der Waals surface area contributed by atoms with Gasteiger partial charge in [-0.25, -0.2) is 4.39 Å². The molecule has 1 saturated carbocycles. The Kier molecular flexibility index (Phi) is 6.31. The minimum Gasteiger partial charge on any atom is -0.352 e. The van der Waals surface area contributed by atoms with Crippen LogP contribution in [0.5, 0.6) is 0 Å². The van der Waals surface area contributed by atoms with Gasteiger partial charge in [0.15, 0.2) is 0 Å². The number of carbonyl (C=O) groups excluding carboxylic acids is 1. The number of carbonyl (C=O) groups is 1. The lowest BCUT2D eigenvalue weighted by molar-refractivity contribution is -0.127. The van der Waals surface area contributed by atoms with Crippen LogP contribution in [0.15, 0.2) is 18.2 Å². The van der Waals surface area contributed by atoms with E-state index in [2.05, 4.69) is 10.2 Å². The standard InChI is InChI=1S/C19H27ClFN3O/c20-18-10-15(21)7-6-14(18)11-24-8-2-5-17(12-24)23-19(25)13-3-1-4-16(22)9-13/h6-7,10,13,16-17H,1-5,8-9,11-12,22H2,(H,23,25). The maximum Gasteiger partial charge on any atom is 0.223 e. The van der Waals surface area contributed by atoms with Crippen molar-refractivity contribution >= 4 is 17.5 Å². The van der Waals surface area contributed by atoms with E-state index in [0.29, 0.717) is 11.6 Å². The number of piperidine rings is 1. The Balaban J connectivity index is 1.53. The van der Waals surface area contributed by atoms with Gasteiger partial charge in [-0.3, -0.25) is 9.69 Å². The van der Waals surface area contributed by atoms with Gasteiger partial charge in [-0.15, -0.1) is 0 Å². The van der Waals surface area contributed by atoms with Crippen molar-refractivity contribution in [3.05, 3.63) is 34.6 Å². The maximum absolute atomic E-state index is 13.2. The van der Waals surface area contributed by atoms with E-state index in [9.17, 15) is 9.18 Å². The fourth-order valence-electron chi connectivity index (χ4n) is 3.99. The molecule has 1 heterocycles. The molecule has 3 unspecified atom stereocenters. The van der Waals surface area contributed by atoms with Crippen molar-refractivity contribution < 1.29 is 9.18 Å². The molecule has 3 rings (SSSR count). The van der Waals surface area contributed by atoms with Gasteiger partial charge in [0.1, 0.15) is 5.82 Å². The second-order valence-corrected chi connectivity index (χ2v) is 7.85. The third-order valence-corrected chi connectivity index (χ3v) is 5.70. The van der Waals surface area contributed by atoms with Crippen LogP contribution in [0.3, 0.4) is 0 Å². The van der Waals surface area contributed by atoms with Gasteiger partial charge in [-0.2, -0.15) is 0 Å². The van der Waals surface area contributed by atoms with Crippen LogP contribution in [-0.2, 0) is 11.3 Å². The van der Waals surface area contributed by atoms with E-state index in [1.807, 2.05) is 0 Å². The quantitative estimate of drug-likeness (QED) is 0.859. The molecule has 3 N–H and O–H groups in total. The van der Waals surface area contributed by atoms with Crippen LogP contribution in [0.4, 0.5) is 4.39 Å². The normalized spacial score (nSPS) is 27.9. The summed E-state index contributed by atoms with van der Waals surface area (Å²) in [4.78, 5) is 14.8. The first-order valence-corrected chi connectivity index (χ1v) is 9.61. The van der Waals surface area contributed by atoms with Crippen LogP contribution < -0.4 is 11.1 Å². The highest BCUT2D eigenvalue weighted by molar-refractivity contribution is 6.31. The highest BCUT2D eigenvalue weighted by Gasteiger charge is 2.28. The Bertz CT molecular complexity index is 612. The fourth-order valence-corrected chi connectivity index (χ4v) is 4.22. The summed E-state index contributed by atoms with van der Waals surface area (Å²) in [5.41, 5.74) is 6.93. The number of nitrogens with zero attached hydrogens (tertiary/aromatic N) is 1. The Morgan fingerprint density at radius 3 is 2.92 bits per heavy atom. The molecule has 1 amide bonds. The van der Waals surface area contributed by atoms with E-state index < -0.39 is 0 Å². The van der Waals surface area contributed by atoms with E-state index in [1.165, 1.54) is 12.1 Å². The molecule has 2 aliphatic rings. The van der Waals surface area contributed by atoms with E-state index >= 15 is 0 Å². The number of likely N-dealkylation sites (tertiary alicyclic amines) is 1. The van der Waals surface area contributed by atoms with Crippen molar-refractivity contribution in [3.8, 4) is 0 Å². The number of hydrogen-bond donors (Lipinski definition) is 2. The van der Waals surface area contributed by atoms with Gasteiger partial charge < -0.3 is 11.1 Å². The molecule has 1 aromatic carbocycles. The molecule has 25 heavy (non-hydrogen) atoms. The lowest BCUT2D eigenvalue weighted by atomic mass is 9.85. The first kappa shape index (κ1) is 18.6. The lowest BCUT2D eigenvalue weighted by Gasteiger charge is -2.35. The zero-order valence-electron chi connectivity index (χ0n) is 14.5. The maximum atomic E-state index is 13.2. The van der Waals surface area contributed by atoms with E-state index in [4.69, 9.17) is 17.3 Å². The summed E-state index contributed by atoms with van der Waals surface area (Å²) < 4.78 is 13.2. The Morgan fingerprint density at radius 1 is 1.32 bits per heavy atom. The van der Waals surface area contributed by atoms with Crippen LogP contribution in [0.1, 0.15) is 44.1 Å². The van der Waals surface area contributed by atoms with Crippen LogP contribution >= 0.6 is 11.6 Å². The van der Waals surface area contributed by atoms with Gasteiger partial charge in [0.05, 0.1) is 0 Å². The SMILES string of the molecule is NC1CCCC(C(=O)NC2CCCN(Cc3ccc(F)cc3Cl)C2)C1. The summed E-state index contributed by atoms with van der Waals surface area (Å²) in [5.74, 6) is -0.101. The molecular formula is C19H27ClFN3O. The van der Waals surface area contributed by atoms with E-state index in [-0.39, 0.29) is 29.7 Å². The summed E-state index contributed by atoms with van der Waals surface area (Å²) >= 11 is 6.14. The molecule has 0 spiro atoms. The van der Waals surface area contributed by atoms with E-state index in [1.54, 1.807) is 6.07 Å². The molecule has 1 aromatic rings. The summed E-state index contributed by atoms with van der Waals surface area (Å²) in [6, 6.07) is 4.86. The largest absolute Gasteiger partial charge is 0.352 e. The van der Waals surface area contributed by atoms with Gasteiger partial charge in [-0.1, -0.05) is 24.1 Å². The van der Waals surface area contributed by atoms with Crippen molar-refractivity contribution in [2.24, 2.45) is 11.7 Å². The second-order valence-electron chi connectivity index (χ2n) is 7.44. The topological polar surface area (TPSA) is 58.4 Å². The number of amides is 1. The predicted molar refractivity (Wildman–Crippen MR) is 97.8 cm³/mol. The number of nitrogens with one attached hydrogen (secondary N) is 1. The average Bonchev–Trinajstić information content (AvgIpc) is 2.58. The van der Waals surface area contributed by atoms with Crippen molar-refractivity contribution in [1.82, 2.24) is 10.2 Å². The predicted octanol–water partition coefficient (Wildman–Crippen LogP) is 3.08. The minimum atomic E-state index is -0.316. The monoisotopic (exact) mass is 367 g/mol. The van der Waals surface area contributed by atoms with Crippen LogP contribution in [0.2, 0.25) is 5.02 Å². The molecule has 3 atom stereocenters. The van der Waals surface area contributed by atoms with Gasteiger partial charge in [0, 0.05) is 36.1 Å². The molecule has 1 aliphatic heterocycles. The minimum absolute atomic E-state index is 0.0608. The van der Waals surface area contributed by atoms with Gasteiger partial charge in [0.2, 0.25) is 5.91 Å². The van der Waals surface area contributed by atoms with E-state index in [0.717, 1.165) is 57.2 Å². The van der Waals surface area contributed by atoms with Crippen LogP contribution in [0.25, 0.3) is 0 Å². The third kappa shape index (κ3) is 5.16. The molecule has 1 saturated heterocycles. The van der Waals surface area contributed by atoms with Crippen LogP contribution in [-0.4, -0.2) is 36.0 Å². The van der Waals surface area contributed by atoms with Crippen molar-refractivity contribution in [1.29, 1.82) is 0 Å². The summed E-state index contributed by atoms with van der Waals surface area (Å²) in [5, 5.41) is 3.68. The molecule has 2 fully saturated rings. The first-order valence-electron chi connectivity index (χ1n) is 9.23. The highest BCUT2D eigenvalue weighted by atomic mass is 35.5. The average molecular weight is 368 g/mol. The lowest BCUT2D eigenvalue weighted by Crippen LogP contribution is -2.49. The Labute approximate surface area is 153 Å². The number of benzene rings is 1. The summed E-state index contributed by atoms with van der Waals surface area (Å²) in [6.45, 7) is 2.45. The molecular weight excluding hydrogens is 341 g/mol. The second kappa shape index (κ2) is 8.47. The number of halogens is 2. The zero-order chi connectivity index (χ0) is 17.8. The van der Waals surface area contributed by atoms with Gasteiger partial charge in [0.25, 0.3) is 0 Å². The molecule has 0 aromatic heterocycles. The first-order chi connectivity index (χ1) is 12.0. The fraction of sp³-hybridized carbons (Fsp3) is 0.632. The molecule has 138 valence electrons. The molecule has 6 heteroatoms. The van der Waals surface area contributed by atoms with Crippen molar-refractivity contribution in [3.63, 3.8) is 0 Å². The molecule has 1 aliphatic carbocycles. The Hall–Kier alpha value is -1.17. The Morgan fingerprint density at radius 2 is 2.16 bits per heavy atom. The number of hydrogen-bond acceptors (Lipinski definition) is 3. The number of rotatable bonds is 4. The molecule has 0 radical (unpaired) electrons. The van der Waals surface area contributed by atoms with Gasteiger partial charge >= 0.3 is 0 Å². The summed E-state index contributed by atoms with van der Waals surface area (Å²) in [7, 11) is 0. The van der Waals surface area contributed by atoms with Crippen molar-refractivity contribution in [2.75, 3.05) is 13.1 Å². The zero-order valence-corrected chi connectivity index (χ0v) is 15.3.